The van der Waals surface area contributed by atoms with E-state index in [1.807, 2.05) is 79.4 Å². The van der Waals surface area contributed by atoms with Gasteiger partial charge in [-0.05, 0) is 36.3 Å². The van der Waals surface area contributed by atoms with Crippen molar-refractivity contribution >= 4 is 23.7 Å². The summed E-state index contributed by atoms with van der Waals surface area (Å²) in [6.45, 7) is 6.48. The number of benzene rings is 2. The first-order valence-corrected chi connectivity index (χ1v) is 14.6. The second-order valence-corrected chi connectivity index (χ2v) is 11.0. The molecule has 0 aromatic heterocycles. The lowest BCUT2D eigenvalue weighted by Gasteiger charge is -2.28. The summed E-state index contributed by atoms with van der Waals surface area (Å²) in [6, 6.07) is 16.4. The highest BCUT2D eigenvalue weighted by atomic mass is 16.5. The van der Waals surface area contributed by atoms with Gasteiger partial charge in [0.1, 0.15) is 18.1 Å². The maximum atomic E-state index is 13.6. The third-order valence-corrected chi connectivity index (χ3v) is 7.11. The number of rotatable bonds is 15. The maximum Gasteiger partial charge on any atom is 0.328 e. The van der Waals surface area contributed by atoms with Crippen LogP contribution in [0.5, 0.6) is 0 Å². The molecule has 1 aliphatic rings. The molecule has 0 saturated carbocycles. The van der Waals surface area contributed by atoms with E-state index in [2.05, 4.69) is 16.0 Å². The molecule has 228 valence electrons. The van der Waals surface area contributed by atoms with Gasteiger partial charge in [-0.25, -0.2) is 4.79 Å². The molecule has 1 saturated heterocycles. The van der Waals surface area contributed by atoms with Crippen LogP contribution in [0.3, 0.4) is 0 Å². The number of amides is 3. The summed E-state index contributed by atoms with van der Waals surface area (Å²) in [5, 5.41) is 8.55. The summed E-state index contributed by atoms with van der Waals surface area (Å²) in [5.74, 6) is -1.68. The highest BCUT2D eigenvalue weighted by Crippen LogP contribution is 2.11. The minimum Gasteiger partial charge on any atom is -0.467 e. The molecule has 1 heterocycles. The van der Waals surface area contributed by atoms with Crippen LogP contribution in [0, 0.1) is 5.92 Å². The fourth-order valence-corrected chi connectivity index (χ4v) is 4.86. The number of hydrogen-bond acceptors (Lipinski definition) is 7. The SMILES string of the molecule is COC(=O)C(Cc1ccccc1)NC(=O)C(CC(C)C)NC(=O)C(CCc1ccccc1)NC(=O)CN1CCOCC1. The van der Waals surface area contributed by atoms with Gasteiger partial charge in [-0.2, -0.15) is 0 Å². The average molecular weight is 581 g/mol. The molecule has 10 heteroatoms. The van der Waals surface area contributed by atoms with Crippen molar-refractivity contribution in [3.05, 3.63) is 71.8 Å². The maximum absolute atomic E-state index is 13.6. The topological polar surface area (TPSA) is 126 Å². The van der Waals surface area contributed by atoms with Crippen molar-refractivity contribution in [1.82, 2.24) is 20.9 Å². The Hall–Kier alpha value is -3.76. The van der Waals surface area contributed by atoms with Gasteiger partial charge >= 0.3 is 5.97 Å². The molecule has 1 fully saturated rings. The van der Waals surface area contributed by atoms with Crippen molar-refractivity contribution in [1.29, 1.82) is 0 Å². The van der Waals surface area contributed by atoms with Gasteiger partial charge in [0, 0.05) is 19.5 Å². The van der Waals surface area contributed by atoms with Crippen LogP contribution in [0.4, 0.5) is 0 Å². The van der Waals surface area contributed by atoms with E-state index in [9.17, 15) is 19.2 Å². The molecule has 10 nitrogen and oxygen atoms in total. The van der Waals surface area contributed by atoms with E-state index in [0.717, 1.165) is 11.1 Å². The van der Waals surface area contributed by atoms with Gasteiger partial charge < -0.3 is 25.4 Å². The number of nitrogens with one attached hydrogen (secondary N) is 3. The predicted octanol–water partition coefficient (Wildman–Crippen LogP) is 1.87. The number of hydrogen-bond donors (Lipinski definition) is 3. The Kier molecular flexibility index (Phi) is 13.5. The molecule has 0 radical (unpaired) electrons. The van der Waals surface area contributed by atoms with Crippen molar-refractivity contribution in [3.8, 4) is 0 Å². The fraction of sp³-hybridized carbons (Fsp3) is 0.500. The predicted molar refractivity (Wildman–Crippen MR) is 159 cm³/mol. The Labute approximate surface area is 248 Å². The molecule has 3 N–H and O–H groups in total. The fourth-order valence-electron chi connectivity index (χ4n) is 4.86. The van der Waals surface area contributed by atoms with E-state index in [1.54, 1.807) is 0 Å². The van der Waals surface area contributed by atoms with E-state index < -0.39 is 35.9 Å². The van der Waals surface area contributed by atoms with E-state index >= 15 is 0 Å². The minimum atomic E-state index is -0.918. The van der Waals surface area contributed by atoms with Crippen LogP contribution in [0.1, 0.15) is 37.8 Å². The van der Waals surface area contributed by atoms with Gasteiger partial charge in [0.05, 0.1) is 26.9 Å². The molecule has 3 rings (SSSR count). The zero-order valence-corrected chi connectivity index (χ0v) is 24.8. The molecular formula is C32H44N4O6. The molecule has 42 heavy (non-hydrogen) atoms. The third-order valence-electron chi connectivity index (χ3n) is 7.11. The summed E-state index contributed by atoms with van der Waals surface area (Å²) in [7, 11) is 1.27. The Morgan fingerprint density at radius 1 is 0.810 bits per heavy atom. The van der Waals surface area contributed by atoms with Gasteiger partial charge in [-0.3, -0.25) is 19.3 Å². The zero-order valence-electron chi connectivity index (χ0n) is 24.8. The second-order valence-electron chi connectivity index (χ2n) is 11.0. The number of carbonyl (C=O) groups is 4. The number of esters is 1. The molecule has 3 amide bonds. The van der Waals surface area contributed by atoms with Crippen molar-refractivity contribution < 1.29 is 28.7 Å². The molecule has 2 aromatic carbocycles. The molecule has 0 spiro atoms. The van der Waals surface area contributed by atoms with Crippen LogP contribution in [0.2, 0.25) is 0 Å². The number of carbonyl (C=O) groups excluding carboxylic acids is 4. The van der Waals surface area contributed by atoms with Crippen molar-refractivity contribution in [2.75, 3.05) is 40.0 Å². The standard InChI is InChI=1S/C32H44N4O6/c1-23(2)20-27(31(39)35-28(32(40)41-3)21-25-12-8-5-9-13-25)34-30(38)26(15-14-24-10-6-4-7-11-24)33-29(37)22-36-16-18-42-19-17-36/h4-13,23,26-28H,14-22H2,1-3H3,(H,33,37)(H,34,38)(H,35,39). The Morgan fingerprint density at radius 3 is 1.98 bits per heavy atom. The number of aryl methyl sites for hydroxylation is 1. The summed E-state index contributed by atoms with van der Waals surface area (Å²) in [5.41, 5.74) is 1.90. The average Bonchev–Trinajstić information content (AvgIpc) is 2.99. The smallest absolute Gasteiger partial charge is 0.328 e. The van der Waals surface area contributed by atoms with Gasteiger partial charge in [0.25, 0.3) is 0 Å². The lowest BCUT2D eigenvalue weighted by atomic mass is 10.00. The largest absolute Gasteiger partial charge is 0.467 e. The first-order valence-electron chi connectivity index (χ1n) is 14.6. The molecule has 0 bridgehead atoms. The highest BCUT2D eigenvalue weighted by Gasteiger charge is 2.31. The molecule has 1 aliphatic heterocycles. The van der Waals surface area contributed by atoms with Crippen molar-refractivity contribution in [2.45, 2.75) is 57.7 Å². The molecule has 3 atom stereocenters. The van der Waals surface area contributed by atoms with E-state index in [4.69, 9.17) is 9.47 Å². The second kappa shape index (κ2) is 17.3. The van der Waals surface area contributed by atoms with Crippen LogP contribution in [-0.2, 0) is 41.5 Å². The summed E-state index contributed by atoms with van der Waals surface area (Å²) in [4.78, 5) is 54.6. The first-order chi connectivity index (χ1) is 20.2. The van der Waals surface area contributed by atoms with Crippen LogP contribution in [-0.4, -0.2) is 86.7 Å². The number of ether oxygens (including phenoxy) is 2. The van der Waals surface area contributed by atoms with Crippen LogP contribution in [0.25, 0.3) is 0 Å². The van der Waals surface area contributed by atoms with Gasteiger partial charge in [-0.1, -0.05) is 74.5 Å². The monoisotopic (exact) mass is 580 g/mol. The van der Waals surface area contributed by atoms with Crippen LogP contribution < -0.4 is 16.0 Å². The number of methoxy groups -OCH3 is 1. The lowest BCUT2D eigenvalue weighted by Crippen LogP contribution is -2.57. The molecule has 0 aliphatic carbocycles. The number of nitrogens with zero attached hydrogens (tertiary/aromatic N) is 1. The summed E-state index contributed by atoms with van der Waals surface area (Å²) >= 11 is 0. The highest BCUT2D eigenvalue weighted by molar-refractivity contribution is 5.93. The summed E-state index contributed by atoms with van der Waals surface area (Å²) < 4.78 is 10.3. The quantitative estimate of drug-likeness (QED) is 0.275. The van der Waals surface area contributed by atoms with Crippen LogP contribution >= 0.6 is 0 Å². The first kappa shape index (κ1) is 32.8. The van der Waals surface area contributed by atoms with Crippen molar-refractivity contribution in [2.24, 2.45) is 5.92 Å². The molecular weight excluding hydrogens is 536 g/mol. The van der Waals surface area contributed by atoms with E-state index in [0.29, 0.717) is 45.6 Å². The minimum absolute atomic E-state index is 0.0745. The Balaban J connectivity index is 1.72. The Morgan fingerprint density at radius 2 is 1.38 bits per heavy atom. The number of morpholine rings is 1. The lowest BCUT2D eigenvalue weighted by molar-refractivity contribution is -0.145. The zero-order chi connectivity index (χ0) is 30.3. The molecule has 3 unspecified atom stereocenters. The third kappa shape index (κ3) is 11.3. The van der Waals surface area contributed by atoms with Crippen molar-refractivity contribution in [3.63, 3.8) is 0 Å². The van der Waals surface area contributed by atoms with E-state index in [-0.39, 0.29) is 24.8 Å². The van der Waals surface area contributed by atoms with Crippen LogP contribution in [0.15, 0.2) is 60.7 Å². The van der Waals surface area contributed by atoms with E-state index in [1.165, 1.54) is 7.11 Å². The normalized spacial score (nSPS) is 15.7. The molecule has 2 aromatic rings. The Bertz CT molecular complexity index is 1140. The van der Waals surface area contributed by atoms with Gasteiger partial charge in [0.15, 0.2) is 0 Å². The van der Waals surface area contributed by atoms with Gasteiger partial charge in [0.2, 0.25) is 17.7 Å². The summed E-state index contributed by atoms with van der Waals surface area (Å²) in [6.07, 6.45) is 1.53. The van der Waals surface area contributed by atoms with Gasteiger partial charge in [-0.15, -0.1) is 0 Å².